The van der Waals surface area contributed by atoms with Gasteiger partial charge in [-0.05, 0) is 80.9 Å². The van der Waals surface area contributed by atoms with E-state index in [0.29, 0.717) is 11.4 Å². The van der Waals surface area contributed by atoms with Crippen molar-refractivity contribution in [1.82, 2.24) is 9.97 Å². The molecule has 0 spiro atoms. The third-order valence-corrected chi connectivity index (χ3v) is 8.44. The van der Waals surface area contributed by atoms with Crippen molar-refractivity contribution in [3.05, 3.63) is 133 Å². The van der Waals surface area contributed by atoms with E-state index in [0.717, 1.165) is 33.4 Å². The molecule has 4 nitrogen and oxygen atoms in total. The van der Waals surface area contributed by atoms with Crippen LogP contribution in [0, 0.1) is 22.7 Å². The first-order valence-electron chi connectivity index (χ1n) is 13.1. The summed E-state index contributed by atoms with van der Waals surface area (Å²) >= 11 is 1.81. The Morgan fingerprint density at radius 1 is 0.415 bits per heavy atom. The lowest BCUT2D eigenvalue weighted by molar-refractivity contribution is 1.26. The molecule has 0 aliphatic rings. The molecule has 0 aliphatic carbocycles. The zero-order valence-corrected chi connectivity index (χ0v) is 22.6. The van der Waals surface area contributed by atoms with Gasteiger partial charge in [0.25, 0.3) is 0 Å². The largest absolute Gasteiger partial charge is 0.246 e. The normalized spacial score (nSPS) is 10.9. The number of thiophene rings is 1. The van der Waals surface area contributed by atoms with Gasteiger partial charge >= 0.3 is 0 Å². The summed E-state index contributed by atoms with van der Waals surface area (Å²) in [5.74, 6) is 0. The molecule has 7 rings (SSSR count). The van der Waals surface area contributed by atoms with Crippen LogP contribution in [-0.4, -0.2) is 9.97 Å². The first-order valence-corrected chi connectivity index (χ1v) is 13.9. The molecule has 0 atom stereocenters. The average molecular weight is 541 g/mol. The fourth-order valence-corrected chi connectivity index (χ4v) is 6.37. The summed E-state index contributed by atoms with van der Waals surface area (Å²) in [6, 6.07) is 41.9. The Morgan fingerprint density at radius 3 is 1.12 bits per heavy atom. The Bertz CT molecular complexity index is 2010. The zero-order chi connectivity index (χ0) is 27.8. The zero-order valence-electron chi connectivity index (χ0n) is 21.7. The summed E-state index contributed by atoms with van der Waals surface area (Å²) in [4.78, 5) is 8.13. The van der Waals surface area contributed by atoms with Gasteiger partial charge in [0, 0.05) is 32.6 Å². The number of nitrogens with zero attached hydrogens (tertiary/aromatic N) is 4. The highest BCUT2D eigenvalue weighted by Gasteiger charge is 2.10. The molecule has 0 fully saturated rings. The molecule has 4 aromatic carbocycles. The van der Waals surface area contributed by atoms with Crippen molar-refractivity contribution in [2.75, 3.05) is 0 Å². The number of hydrogen-bond donors (Lipinski definition) is 0. The maximum atomic E-state index is 9.16. The second-order valence-corrected chi connectivity index (χ2v) is 10.8. The molecule has 0 N–H and O–H groups in total. The third-order valence-electron chi connectivity index (χ3n) is 7.33. The first kappa shape index (κ1) is 24.4. The van der Waals surface area contributed by atoms with Gasteiger partial charge in [-0.25, -0.2) is 9.97 Å². The second-order valence-electron chi connectivity index (χ2n) is 9.76. The van der Waals surface area contributed by atoms with Crippen molar-refractivity contribution in [3.8, 4) is 56.6 Å². The number of aromatic nitrogens is 2. The van der Waals surface area contributed by atoms with Crippen LogP contribution in [0.4, 0.5) is 0 Å². The van der Waals surface area contributed by atoms with Gasteiger partial charge in [0.15, 0.2) is 0 Å². The Labute approximate surface area is 241 Å². The van der Waals surface area contributed by atoms with E-state index >= 15 is 0 Å². The maximum absolute atomic E-state index is 9.16. The lowest BCUT2D eigenvalue weighted by Gasteiger charge is -2.06. The number of benzene rings is 4. The molecule has 0 aliphatic heterocycles. The Hall–Kier alpha value is -5.62. The predicted octanol–water partition coefficient (Wildman–Crippen LogP) is 9.26. The highest BCUT2D eigenvalue weighted by molar-refractivity contribution is 7.25. The van der Waals surface area contributed by atoms with E-state index in [1.54, 1.807) is 12.4 Å². The van der Waals surface area contributed by atoms with Crippen LogP contribution in [0.25, 0.3) is 64.7 Å². The van der Waals surface area contributed by atoms with Gasteiger partial charge in [-0.2, -0.15) is 10.5 Å². The topological polar surface area (TPSA) is 73.4 Å². The average Bonchev–Trinajstić information content (AvgIpc) is 3.42. The molecule has 0 bridgehead atoms. The van der Waals surface area contributed by atoms with Crippen LogP contribution >= 0.6 is 11.3 Å². The van der Waals surface area contributed by atoms with Gasteiger partial charge in [0.1, 0.15) is 23.5 Å². The van der Waals surface area contributed by atoms with Crippen molar-refractivity contribution in [1.29, 1.82) is 10.5 Å². The fourth-order valence-electron chi connectivity index (χ4n) is 5.19. The Balaban J connectivity index is 1.18. The van der Waals surface area contributed by atoms with Crippen LogP contribution in [0.15, 0.2) is 122 Å². The van der Waals surface area contributed by atoms with E-state index in [-0.39, 0.29) is 0 Å². The Kier molecular flexibility index (Phi) is 6.06. The summed E-state index contributed by atoms with van der Waals surface area (Å²) in [6.07, 6.45) is 3.35. The van der Waals surface area contributed by atoms with Crippen molar-refractivity contribution in [2.24, 2.45) is 0 Å². The van der Waals surface area contributed by atoms with Crippen LogP contribution in [-0.2, 0) is 0 Å². The molecular formula is C36H20N4S. The molecular weight excluding hydrogens is 520 g/mol. The fraction of sp³-hybridized carbons (Fsp3) is 0. The maximum Gasteiger partial charge on any atom is 0.141 e. The van der Waals surface area contributed by atoms with Crippen molar-refractivity contribution < 1.29 is 0 Å². The molecule has 3 heterocycles. The van der Waals surface area contributed by atoms with E-state index < -0.39 is 0 Å². The quantitative estimate of drug-likeness (QED) is 0.223. The standard InChI is InChI=1S/C36H20N4S/c37-21-31-17-29(13-15-39-31)25-5-1-23(2-6-25)27-9-11-33-34-12-10-28(20-36(34)41-35(33)19-27)24-3-7-26(8-4-24)30-14-16-40-32(18-30)22-38/h1-20H. The lowest BCUT2D eigenvalue weighted by Crippen LogP contribution is -1.85. The second kappa shape index (κ2) is 10.2. The van der Waals surface area contributed by atoms with E-state index in [1.165, 1.54) is 31.3 Å². The smallest absolute Gasteiger partial charge is 0.141 e. The summed E-state index contributed by atoms with van der Waals surface area (Å²) in [7, 11) is 0. The summed E-state index contributed by atoms with van der Waals surface area (Å²) in [6.45, 7) is 0. The third kappa shape index (κ3) is 4.61. The van der Waals surface area contributed by atoms with Gasteiger partial charge in [-0.15, -0.1) is 11.3 Å². The minimum Gasteiger partial charge on any atom is -0.246 e. The number of nitriles is 2. The summed E-state index contributed by atoms with van der Waals surface area (Å²) in [5, 5.41) is 20.8. The highest BCUT2D eigenvalue weighted by Crippen LogP contribution is 2.39. The van der Waals surface area contributed by atoms with Crippen molar-refractivity contribution in [3.63, 3.8) is 0 Å². The molecule has 0 radical (unpaired) electrons. The molecule has 190 valence electrons. The SMILES string of the molecule is N#Cc1cc(-c2ccc(-c3ccc4c(c3)sc3cc(-c5ccc(-c6ccnc(C#N)c6)cc5)ccc34)cc2)ccn1. The molecule has 0 amide bonds. The van der Waals surface area contributed by atoms with Crippen LogP contribution in [0.1, 0.15) is 11.4 Å². The van der Waals surface area contributed by atoms with Gasteiger partial charge in [-0.1, -0.05) is 72.8 Å². The number of fused-ring (bicyclic) bond motifs is 3. The van der Waals surface area contributed by atoms with E-state index in [2.05, 4.69) is 107 Å². The molecule has 41 heavy (non-hydrogen) atoms. The highest BCUT2D eigenvalue weighted by atomic mass is 32.1. The van der Waals surface area contributed by atoms with Crippen LogP contribution in [0.5, 0.6) is 0 Å². The summed E-state index contributed by atoms with van der Waals surface area (Å²) < 4.78 is 2.51. The number of pyridine rings is 2. The molecule has 0 saturated heterocycles. The number of rotatable bonds is 4. The minimum atomic E-state index is 0.419. The van der Waals surface area contributed by atoms with E-state index in [4.69, 9.17) is 10.5 Å². The minimum absolute atomic E-state index is 0.419. The van der Waals surface area contributed by atoms with Crippen molar-refractivity contribution in [2.45, 2.75) is 0 Å². The van der Waals surface area contributed by atoms with Gasteiger partial charge < -0.3 is 0 Å². The summed E-state index contributed by atoms with van der Waals surface area (Å²) in [5.41, 5.74) is 9.58. The van der Waals surface area contributed by atoms with Gasteiger partial charge in [-0.3, -0.25) is 0 Å². The predicted molar refractivity (Wildman–Crippen MR) is 166 cm³/mol. The molecule has 3 aromatic heterocycles. The first-order chi connectivity index (χ1) is 20.2. The monoisotopic (exact) mass is 540 g/mol. The van der Waals surface area contributed by atoms with Gasteiger partial charge in [0.2, 0.25) is 0 Å². The number of hydrogen-bond acceptors (Lipinski definition) is 5. The molecule has 0 unspecified atom stereocenters. The molecule has 0 saturated carbocycles. The van der Waals surface area contributed by atoms with Crippen LogP contribution in [0.2, 0.25) is 0 Å². The van der Waals surface area contributed by atoms with E-state index in [9.17, 15) is 0 Å². The molecule has 5 heteroatoms. The van der Waals surface area contributed by atoms with Crippen LogP contribution < -0.4 is 0 Å². The van der Waals surface area contributed by atoms with Crippen molar-refractivity contribution >= 4 is 31.5 Å². The van der Waals surface area contributed by atoms with Gasteiger partial charge in [0.05, 0.1) is 0 Å². The Morgan fingerprint density at radius 2 is 0.756 bits per heavy atom. The molecule has 7 aromatic rings. The lowest BCUT2D eigenvalue weighted by atomic mass is 9.98. The van der Waals surface area contributed by atoms with Crippen LogP contribution in [0.3, 0.4) is 0 Å². The van der Waals surface area contributed by atoms with E-state index in [1.807, 2.05) is 35.6 Å².